The van der Waals surface area contributed by atoms with Gasteiger partial charge in [0.05, 0.1) is 0 Å². The highest BCUT2D eigenvalue weighted by molar-refractivity contribution is 6.31. The molecule has 0 saturated heterocycles. The zero-order chi connectivity index (χ0) is 9.26. The van der Waals surface area contributed by atoms with E-state index in [1.54, 1.807) is 0 Å². The van der Waals surface area contributed by atoms with E-state index in [0.717, 1.165) is 21.8 Å². The Morgan fingerprint density at radius 1 is 1.15 bits per heavy atom. The smallest absolute Gasteiger partial charge is 0.0457 e. The molecule has 0 unspecified atom stereocenters. The second-order valence-corrected chi connectivity index (χ2v) is 3.40. The van der Waals surface area contributed by atoms with E-state index in [2.05, 4.69) is 11.1 Å². The van der Waals surface area contributed by atoms with Crippen molar-refractivity contribution in [1.82, 2.24) is 4.98 Å². The minimum atomic E-state index is 0.812. The molecule has 1 aromatic carbocycles. The minimum absolute atomic E-state index is 0.812. The normalized spacial score (nSPS) is 10.3. The second-order valence-electron chi connectivity index (χ2n) is 3.00. The summed E-state index contributed by atoms with van der Waals surface area (Å²) in [6.45, 7) is 2.03. The van der Waals surface area contributed by atoms with Crippen LogP contribution in [0.2, 0.25) is 5.02 Å². The summed E-state index contributed by atoms with van der Waals surface area (Å²) in [5, 5.41) is 0.812. The van der Waals surface area contributed by atoms with E-state index in [-0.39, 0.29) is 0 Å². The summed E-state index contributed by atoms with van der Waals surface area (Å²) in [6, 6.07) is 9.95. The number of nitrogens with one attached hydrogen (secondary N) is 1. The molecular formula is C11H10ClN. The van der Waals surface area contributed by atoms with Gasteiger partial charge in [0.15, 0.2) is 0 Å². The van der Waals surface area contributed by atoms with E-state index in [4.69, 9.17) is 11.6 Å². The molecule has 0 aliphatic rings. The number of rotatable bonds is 1. The first-order chi connectivity index (χ1) is 6.29. The Morgan fingerprint density at radius 2 is 2.00 bits per heavy atom. The van der Waals surface area contributed by atoms with E-state index < -0.39 is 0 Å². The van der Waals surface area contributed by atoms with E-state index in [0.29, 0.717) is 0 Å². The molecule has 2 rings (SSSR count). The average Bonchev–Trinajstić information content (AvgIpc) is 2.62. The van der Waals surface area contributed by atoms with Gasteiger partial charge in [0.25, 0.3) is 0 Å². The Bertz CT molecular complexity index is 404. The van der Waals surface area contributed by atoms with Crippen LogP contribution in [0.4, 0.5) is 0 Å². The molecule has 1 nitrogen and oxygen atoms in total. The standard InChI is InChI=1S/C11H10ClN/c1-8-9(4-2-5-10(8)12)11-6-3-7-13-11/h2-7,13H,1H3. The van der Waals surface area contributed by atoms with E-state index in [1.165, 1.54) is 0 Å². The molecular weight excluding hydrogens is 182 g/mol. The van der Waals surface area contributed by atoms with Crippen LogP contribution in [0.5, 0.6) is 0 Å². The van der Waals surface area contributed by atoms with Crippen molar-refractivity contribution in [3.05, 3.63) is 47.1 Å². The third-order valence-corrected chi connectivity index (χ3v) is 2.57. The molecule has 13 heavy (non-hydrogen) atoms. The Hall–Kier alpha value is -1.21. The number of H-pyrrole nitrogens is 1. The quantitative estimate of drug-likeness (QED) is 0.709. The number of benzene rings is 1. The van der Waals surface area contributed by atoms with E-state index in [9.17, 15) is 0 Å². The van der Waals surface area contributed by atoms with Crippen molar-refractivity contribution in [2.45, 2.75) is 6.92 Å². The highest BCUT2D eigenvalue weighted by Crippen LogP contribution is 2.26. The van der Waals surface area contributed by atoms with Gasteiger partial charge in [-0.05, 0) is 30.7 Å². The van der Waals surface area contributed by atoms with Crippen molar-refractivity contribution >= 4 is 11.6 Å². The van der Waals surface area contributed by atoms with Crippen LogP contribution in [0.25, 0.3) is 11.3 Å². The van der Waals surface area contributed by atoms with Gasteiger partial charge in [0, 0.05) is 22.5 Å². The van der Waals surface area contributed by atoms with Crippen LogP contribution in [-0.4, -0.2) is 4.98 Å². The van der Waals surface area contributed by atoms with E-state index in [1.807, 2.05) is 37.4 Å². The van der Waals surface area contributed by atoms with Crippen molar-refractivity contribution in [2.24, 2.45) is 0 Å². The fourth-order valence-electron chi connectivity index (χ4n) is 1.40. The van der Waals surface area contributed by atoms with Crippen LogP contribution in [0.3, 0.4) is 0 Å². The zero-order valence-corrected chi connectivity index (χ0v) is 8.10. The lowest BCUT2D eigenvalue weighted by molar-refractivity contribution is 1.36. The predicted molar refractivity (Wildman–Crippen MR) is 56.0 cm³/mol. The molecule has 1 heterocycles. The fourth-order valence-corrected chi connectivity index (χ4v) is 1.57. The van der Waals surface area contributed by atoms with Crippen LogP contribution < -0.4 is 0 Å². The molecule has 0 atom stereocenters. The monoisotopic (exact) mass is 191 g/mol. The first-order valence-electron chi connectivity index (χ1n) is 4.18. The number of hydrogen-bond acceptors (Lipinski definition) is 0. The number of aromatic amines is 1. The number of halogens is 1. The summed E-state index contributed by atoms with van der Waals surface area (Å²) in [5.41, 5.74) is 3.39. The maximum Gasteiger partial charge on any atom is 0.0457 e. The highest BCUT2D eigenvalue weighted by atomic mass is 35.5. The van der Waals surface area contributed by atoms with Crippen LogP contribution in [-0.2, 0) is 0 Å². The molecule has 0 amide bonds. The molecule has 1 aromatic heterocycles. The summed E-state index contributed by atoms with van der Waals surface area (Å²) >= 11 is 6.02. The number of hydrogen-bond donors (Lipinski definition) is 1. The Labute approximate surface area is 82.4 Å². The molecule has 2 heteroatoms. The van der Waals surface area contributed by atoms with Gasteiger partial charge in [-0.15, -0.1) is 0 Å². The van der Waals surface area contributed by atoms with Gasteiger partial charge in [-0.3, -0.25) is 0 Å². The lowest BCUT2D eigenvalue weighted by Crippen LogP contribution is -1.83. The lowest BCUT2D eigenvalue weighted by Gasteiger charge is -2.04. The molecule has 0 radical (unpaired) electrons. The van der Waals surface area contributed by atoms with Crippen molar-refractivity contribution in [3.8, 4) is 11.3 Å². The molecule has 0 saturated carbocycles. The Morgan fingerprint density at radius 3 is 2.69 bits per heavy atom. The fraction of sp³-hybridized carbons (Fsp3) is 0.0909. The van der Waals surface area contributed by atoms with Crippen molar-refractivity contribution in [3.63, 3.8) is 0 Å². The van der Waals surface area contributed by atoms with Crippen molar-refractivity contribution < 1.29 is 0 Å². The summed E-state index contributed by atoms with van der Waals surface area (Å²) < 4.78 is 0. The average molecular weight is 192 g/mol. The van der Waals surface area contributed by atoms with Crippen LogP contribution >= 0.6 is 11.6 Å². The van der Waals surface area contributed by atoms with Gasteiger partial charge >= 0.3 is 0 Å². The maximum atomic E-state index is 6.02. The van der Waals surface area contributed by atoms with Crippen molar-refractivity contribution in [2.75, 3.05) is 0 Å². The van der Waals surface area contributed by atoms with E-state index >= 15 is 0 Å². The first kappa shape index (κ1) is 8.39. The summed E-state index contributed by atoms with van der Waals surface area (Å²) in [6.07, 6.45) is 1.91. The molecule has 66 valence electrons. The SMILES string of the molecule is Cc1c(Cl)cccc1-c1ccc[nH]1. The lowest BCUT2D eigenvalue weighted by atomic mass is 10.1. The molecule has 0 aliphatic carbocycles. The molecule has 0 spiro atoms. The van der Waals surface area contributed by atoms with Gasteiger partial charge in [0.2, 0.25) is 0 Å². The topological polar surface area (TPSA) is 15.8 Å². The zero-order valence-electron chi connectivity index (χ0n) is 7.34. The molecule has 0 fully saturated rings. The molecule has 0 bridgehead atoms. The second kappa shape index (κ2) is 3.27. The maximum absolute atomic E-state index is 6.02. The molecule has 2 aromatic rings. The predicted octanol–water partition coefficient (Wildman–Crippen LogP) is 3.64. The summed E-state index contributed by atoms with van der Waals surface area (Å²) in [5.74, 6) is 0. The summed E-state index contributed by atoms with van der Waals surface area (Å²) in [7, 11) is 0. The van der Waals surface area contributed by atoms with Crippen LogP contribution in [0.15, 0.2) is 36.5 Å². The van der Waals surface area contributed by atoms with Crippen molar-refractivity contribution in [1.29, 1.82) is 0 Å². The molecule has 0 aliphatic heterocycles. The van der Waals surface area contributed by atoms with Gasteiger partial charge in [-0.1, -0.05) is 23.7 Å². The van der Waals surface area contributed by atoms with Gasteiger partial charge in [-0.2, -0.15) is 0 Å². The number of aromatic nitrogens is 1. The Balaban J connectivity index is 2.59. The van der Waals surface area contributed by atoms with Gasteiger partial charge < -0.3 is 4.98 Å². The van der Waals surface area contributed by atoms with Gasteiger partial charge in [-0.25, -0.2) is 0 Å². The summed E-state index contributed by atoms with van der Waals surface area (Å²) in [4.78, 5) is 3.16. The third kappa shape index (κ3) is 1.47. The van der Waals surface area contributed by atoms with Gasteiger partial charge in [0.1, 0.15) is 0 Å². The Kier molecular flexibility index (Phi) is 2.11. The highest BCUT2D eigenvalue weighted by Gasteiger charge is 2.03. The van der Waals surface area contributed by atoms with Crippen LogP contribution in [0.1, 0.15) is 5.56 Å². The first-order valence-corrected chi connectivity index (χ1v) is 4.55. The van der Waals surface area contributed by atoms with Crippen LogP contribution in [0, 0.1) is 6.92 Å². The molecule has 1 N–H and O–H groups in total. The minimum Gasteiger partial charge on any atom is -0.361 e. The largest absolute Gasteiger partial charge is 0.361 e. The third-order valence-electron chi connectivity index (χ3n) is 2.16.